The summed E-state index contributed by atoms with van der Waals surface area (Å²) >= 11 is 1.52. The van der Waals surface area contributed by atoms with E-state index in [4.69, 9.17) is 14.5 Å². The summed E-state index contributed by atoms with van der Waals surface area (Å²) in [6.45, 7) is 7.26. The van der Waals surface area contributed by atoms with E-state index in [0.29, 0.717) is 36.7 Å². The maximum absolute atomic E-state index is 13.1. The molecule has 0 aliphatic carbocycles. The Morgan fingerprint density at radius 3 is 2.69 bits per heavy atom. The molecule has 4 rings (SSSR count). The molecular weight excluding hydrogens is 486 g/mol. The van der Waals surface area contributed by atoms with Crippen LogP contribution in [0.25, 0.3) is 11.0 Å². The van der Waals surface area contributed by atoms with Crippen LogP contribution in [0.1, 0.15) is 39.2 Å². The predicted molar refractivity (Wildman–Crippen MR) is 136 cm³/mol. The van der Waals surface area contributed by atoms with E-state index in [1.54, 1.807) is 18.2 Å². The highest BCUT2D eigenvalue weighted by Crippen LogP contribution is 2.32. The molecule has 1 atom stereocenters. The number of fused-ring (bicyclic) bond motifs is 1. The SMILES string of the molecule is CCN(CC)S(=O)(=O)c1ccc2c(c1)nc(SCc1ccccc1OC(C)=O)n2CC1CCCO1. The first kappa shape index (κ1) is 25.7. The summed E-state index contributed by atoms with van der Waals surface area (Å²) in [6.07, 6.45) is 2.11. The Bertz CT molecular complexity index is 1300. The number of thioether (sulfide) groups is 1. The minimum atomic E-state index is -3.59. The van der Waals surface area contributed by atoms with Crippen molar-refractivity contribution in [2.24, 2.45) is 0 Å². The Hall–Kier alpha value is -2.40. The summed E-state index contributed by atoms with van der Waals surface area (Å²) in [4.78, 5) is 16.6. The summed E-state index contributed by atoms with van der Waals surface area (Å²) in [5.41, 5.74) is 2.38. The van der Waals surface area contributed by atoms with Crippen molar-refractivity contribution in [2.75, 3.05) is 19.7 Å². The highest BCUT2D eigenvalue weighted by atomic mass is 32.2. The van der Waals surface area contributed by atoms with Gasteiger partial charge >= 0.3 is 5.97 Å². The van der Waals surface area contributed by atoms with E-state index in [-0.39, 0.29) is 17.0 Å². The maximum atomic E-state index is 13.1. The third kappa shape index (κ3) is 5.72. The van der Waals surface area contributed by atoms with Crippen molar-refractivity contribution in [3.8, 4) is 5.75 Å². The largest absolute Gasteiger partial charge is 0.426 e. The maximum Gasteiger partial charge on any atom is 0.308 e. The molecule has 0 radical (unpaired) electrons. The first-order chi connectivity index (χ1) is 16.8. The van der Waals surface area contributed by atoms with Gasteiger partial charge in [-0.25, -0.2) is 13.4 Å². The summed E-state index contributed by atoms with van der Waals surface area (Å²) in [6, 6.07) is 12.6. The highest BCUT2D eigenvalue weighted by molar-refractivity contribution is 7.98. The van der Waals surface area contributed by atoms with Crippen molar-refractivity contribution in [3.63, 3.8) is 0 Å². The average Bonchev–Trinajstić information content (AvgIpc) is 3.46. The van der Waals surface area contributed by atoms with Gasteiger partial charge < -0.3 is 14.0 Å². The number of para-hydroxylation sites is 1. The highest BCUT2D eigenvalue weighted by Gasteiger charge is 2.25. The summed E-state index contributed by atoms with van der Waals surface area (Å²) < 4.78 is 40.9. The number of hydrogen-bond donors (Lipinski definition) is 0. The quantitative estimate of drug-likeness (QED) is 0.223. The van der Waals surface area contributed by atoms with Gasteiger partial charge in [0.1, 0.15) is 5.75 Å². The van der Waals surface area contributed by atoms with E-state index in [9.17, 15) is 13.2 Å². The Morgan fingerprint density at radius 2 is 2.00 bits per heavy atom. The van der Waals surface area contributed by atoms with Crippen LogP contribution in [0.5, 0.6) is 5.75 Å². The molecule has 2 heterocycles. The number of ether oxygens (including phenoxy) is 2. The molecule has 0 bridgehead atoms. The zero-order valence-electron chi connectivity index (χ0n) is 20.3. The molecule has 1 unspecified atom stereocenters. The minimum absolute atomic E-state index is 0.0964. The number of hydrogen-bond acceptors (Lipinski definition) is 7. The molecule has 188 valence electrons. The monoisotopic (exact) mass is 517 g/mol. The van der Waals surface area contributed by atoms with Crippen molar-refractivity contribution >= 4 is 38.8 Å². The molecule has 35 heavy (non-hydrogen) atoms. The fraction of sp³-hybridized carbons (Fsp3) is 0.440. The second kappa shape index (κ2) is 11.1. The van der Waals surface area contributed by atoms with E-state index < -0.39 is 10.0 Å². The van der Waals surface area contributed by atoms with E-state index in [1.165, 1.54) is 23.0 Å². The molecule has 1 saturated heterocycles. The molecule has 0 spiro atoms. The predicted octanol–water partition coefficient (Wildman–Crippen LogP) is 4.46. The van der Waals surface area contributed by atoms with Gasteiger partial charge in [0.25, 0.3) is 0 Å². The number of carbonyl (C=O) groups excluding carboxylic acids is 1. The zero-order chi connectivity index (χ0) is 25.0. The molecule has 0 N–H and O–H groups in total. The van der Waals surface area contributed by atoms with Gasteiger partial charge in [-0.2, -0.15) is 4.31 Å². The summed E-state index contributed by atoms with van der Waals surface area (Å²) in [7, 11) is -3.59. The fourth-order valence-corrected chi connectivity index (χ4v) is 6.75. The van der Waals surface area contributed by atoms with Crippen molar-refractivity contribution in [1.29, 1.82) is 0 Å². The van der Waals surface area contributed by atoms with Crippen molar-refractivity contribution in [2.45, 2.75) is 62.1 Å². The number of esters is 1. The number of benzene rings is 2. The van der Waals surface area contributed by atoms with Crippen molar-refractivity contribution < 1.29 is 22.7 Å². The van der Waals surface area contributed by atoms with Crippen LogP contribution in [0.15, 0.2) is 52.5 Å². The lowest BCUT2D eigenvalue weighted by Gasteiger charge is -2.18. The van der Waals surface area contributed by atoms with Gasteiger partial charge in [0.2, 0.25) is 10.0 Å². The molecule has 10 heteroatoms. The Balaban J connectivity index is 1.69. The number of aromatic nitrogens is 2. The zero-order valence-corrected chi connectivity index (χ0v) is 21.9. The van der Waals surface area contributed by atoms with Crippen LogP contribution in [0.3, 0.4) is 0 Å². The molecule has 0 amide bonds. The molecule has 1 aliphatic rings. The topological polar surface area (TPSA) is 90.7 Å². The molecule has 8 nitrogen and oxygen atoms in total. The van der Waals surface area contributed by atoms with E-state index in [2.05, 4.69) is 4.57 Å². The molecule has 1 aliphatic heterocycles. The lowest BCUT2D eigenvalue weighted by Crippen LogP contribution is -2.30. The number of carbonyl (C=O) groups is 1. The Morgan fingerprint density at radius 1 is 1.23 bits per heavy atom. The Kier molecular flexibility index (Phi) is 8.16. The van der Waals surface area contributed by atoms with Crippen molar-refractivity contribution in [3.05, 3.63) is 48.0 Å². The van der Waals surface area contributed by atoms with Crippen LogP contribution in [-0.4, -0.2) is 54.0 Å². The lowest BCUT2D eigenvalue weighted by molar-refractivity contribution is -0.131. The van der Waals surface area contributed by atoms with Gasteiger partial charge in [0, 0.05) is 37.9 Å². The number of sulfonamides is 1. The molecule has 1 fully saturated rings. The van der Waals surface area contributed by atoms with Gasteiger partial charge in [0.15, 0.2) is 5.16 Å². The average molecular weight is 518 g/mol. The van der Waals surface area contributed by atoms with Gasteiger partial charge in [0.05, 0.1) is 28.6 Å². The first-order valence-electron chi connectivity index (χ1n) is 11.8. The van der Waals surface area contributed by atoms with Crippen LogP contribution < -0.4 is 4.74 Å². The molecule has 0 saturated carbocycles. The summed E-state index contributed by atoms with van der Waals surface area (Å²) in [5, 5.41) is 0.769. The third-order valence-corrected chi connectivity index (χ3v) is 9.09. The number of nitrogens with zero attached hydrogens (tertiary/aromatic N) is 3. The van der Waals surface area contributed by atoms with E-state index in [0.717, 1.165) is 35.7 Å². The number of imidazole rings is 1. The van der Waals surface area contributed by atoms with Crippen LogP contribution in [-0.2, 0) is 31.9 Å². The smallest absolute Gasteiger partial charge is 0.308 e. The molecule has 3 aromatic rings. The third-order valence-electron chi connectivity index (χ3n) is 6.02. The minimum Gasteiger partial charge on any atom is -0.426 e. The second-order valence-electron chi connectivity index (χ2n) is 8.37. The van der Waals surface area contributed by atoms with E-state index >= 15 is 0 Å². The molecule has 2 aromatic carbocycles. The summed E-state index contributed by atoms with van der Waals surface area (Å²) in [5.74, 6) is 0.708. The second-order valence-corrected chi connectivity index (χ2v) is 11.3. The first-order valence-corrected chi connectivity index (χ1v) is 14.3. The van der Waals surface area contributed by atoms with Crippen LogP contribution in [0, 0.1) is 0 Å². The van der Waals surface area contributed by atoms with E-state index in [1.807, 2.05) is 38.1 Å². The van der Waals surface area contributed by atoms with Crippen molar-refractivity contribution in [1.82, 2.24) is 13.9 Å². The van der Waals surface area contributed by atoms with Crippen LogP contribution >= 0.6 is 11.8 Å². The van der Waals surface area contributed by atoms with Gasteiger partial charge in [-0.05, 0) is 37.1 Å². The fourth-order valence-electron chi connectivity index (χ4n) is 4.26. The normalized spacial score (nSPS) is 16.3. The van der Waals surface area contributed by atoms with Gasteiger partial charge in [-0.1, -0.05) is 43.8 Å². The Labute approximate surface area is 210 Å². The molecular formula is C25H31N3O5S2. The lowest BCUT2D eigenvalue weighted by atomic mass is 10.2. The standard InChI is InChI=1S/C25H31N3O5S2/c1-4-27(5-2)35(30,31)21-12-13-23-22(15-21)26-25(28(23)16-20-10-8-14-32-20)34-17-19-9-6-7-11-24(19)33-18(3)29/h6-7,9,11-13,15,20H,4-5,8,10,14,16-17H2,1-3H3. The number of rotatable bonds is 10. The van der Waals surface area contributed by atoms with Gasteiger partial charge in [-0.15, -0.1) is 0 Å². The van der Waals surface area contributed by atoms with Crippen LogP contribution in [0.2, 0.25) is 0 Å². The van der Waals surface area contributed by atoms with Crippen LogP contribution in [0.4, 0.5) is 0 Å². The van der Waals surface area contributed by atoms with Gasteiger partial charge in [-0.3, -0.25) is 4.79 Å². The molecule has 1 aromatic heterocycles.